The van der Waals surface area contributed by atoms with E-state index < -0.39 is 16.1 Å². The van der Waals surface area contributed by atoms with Crippen molar-refractivity contribution in [2.45, 2.75) is 23.5 Å². The zero-order valence-electron chi connectivity index (χ0n) is 14.5. The molecular formula is C19H21N3O3S. The number of aryl methyl sites for hydroxylation is 1. The quantitative estimate of drug-likeness (QED) is 0.765. The van der Waals surface area contributed by atoms with Crippen LogP contribution < -0.4 is 0 Å². The molecular weight excluding hydrogens is 350 g/mol. The number of aliphatic hydroxyl groups excluding tert-OH is 1. The summed E-state index contributed by atoms with van der Waals surface area (Å²) in [5.74, 6) is -0.0743. The van der Waals surface area contributed by atoms with Gasteiger partial charge in [-0.25, -0.2) is 13.4 Å². The lowest BCUT2D eigenvalue weighted by atomic mass is 9.87. The molecule has 2 heterocycles. The maximum absolute atomic E-state index is 12.7. The molecule has 2 atom stereocenters. The molecule has 1 fully saturated rings. The highest BCUT2D eigenvalue weighted by atomic mass is 32.2. The minimum atomic E-state index is -3.67. The van der Waals surface area contributed by atoms with E-state index in [-0.39, 0.29) is 17.5 Å². The van der Waals surface area contributed by atoms with Gasteiger partial charge >= 0.3 is 0 Å². The van der Waals surface area contributed by atoms with Crippen molar-refractivity contribution < 1.29 is 13.5 Å². The molecule has 1 aliphatic heterocycles. The van der Waals surface area contributed by atoms with Gasteiger partial charge in [-0.3, -0.25) is 0 Å². The lowest BCUT2D eigenvalue weighted by molar-refractivity contribution is 0.0854. The second-order valence-corrected chi connectivity index (χ2v) is 8.69. The maximum Gasteiger partial charge on any atom is 0.262 e. The topological polar surface area (TPSA) is 75.4 Å². The zero-order chi connectivity index (χ0) is 18.3. The number of aliphatic hydroxyl groups is 1. The first-order valence-electron chi connectivity index (χ1n) is 8.60. The molecule has 0 amide bonds. The molecule has 2 aromatic carbocycles. The van der Waals surface area contributed by atoms with E-state index >= 15 is 0 Å². The number of rotatable bonds is 3. The molecule has 1 saturated heterocycles. The summed E-state index contributed by atoms with van der Waals surface area (Å²) in [5, 5.41) is 13.0. The maximum atomic E-state index is 12.7. The van der Waals surface area contributed by atoms with Crippen LogP contribution in [-0.2, 0) is 17.1 Å². The van der Waals surface area contributed by atoms with Crippen molar-refractivity contribution in [3.05, 3.63) is 60.6 Å². The van der Waals surface area contributed by atoms with E-state index in [0.717, 1.165) is 16.3 Å². The smallest absolute Gasteiger partial charge is 0.262 e. The lowest BCUT2D eigenvalue weighted by Gasteiger charge is -2.35. The van der Waals surface area contributed by atoms with Crippen LogP contribution in [0, 0.1) is 0 Å². The molecule has 1 aromatic heterocycles. The van der Waals surface area contributed by atoms with Gasteiger partial charge < -0.3 is 9.67 Å². The Labute approximate surface area is 152 Å². The highest BCUT2D eigenvalue weighted by molar-refractivity contribution is 7.89. The molecule has 4 rings (SSSR count). The van der Waals surface area contributed by atoms with E-state index in [1.165, 1.54) is 16.8 Å². The third-order valence-corrected chi connectivity index (χ3v) is 6.78. The van der Waals surface area contributed by atoms with Crippen molar-refractivity contribution in [3.63, 3.8) is 0 Å². The Morgan fingerprint density at radius 1 is 1.15 bits per heavy atom. The number of piperidine rings is 1. The van der Waals surface area contributed by atoms with Gasteiger partial charge in [0, 0.05) is 32.3 Å². The van der Waals surface area contributed by atoms with Gasteiger partial charge in [-0.15, -0.1) is 0 Å². The summed E-state index contributed by atoms with van der Waals surface area (Å²) in [4.78, 5) is 3.95. The van der Waals surface area contributed by atoms with Gasteiger partial charge in [-0.2, -0.15) is 4.31 Å². The first-order chi connectivity index (χ1) is 12.4. The summed E-state index contributed by atoms with van der Waals surface area (Å²) in [7, 11) is -1.94. The Morgan fingerprint density at radius 3 is 2.62 bits per heavy atom. The van der Waals surface area contributed by atoms with E-state index in [9.17, 15) is 13.5 Å². The molecule has 0 radical (unpaired) electrons. The second kappa shape index (κ2) is 6.50. The van der Waals surface area contributed by atoms with Gasteiger partial charge in [-0.05, 0) is 22.8 Å². The summed E-state index contributed by atoms with van der Waals surface area (Å²) in [6.45, 7) is 0.448. The molecule has 26 heavy (non-hydrogen) atoms. The van der Waals surface area contributed by atoms with Crippen molar-refractivity contribution >= 4 is 20.8 Å². The molecule has 3 aromatic rings. The van der Waals surface area contributed by atoms with Gasteiger partial charge in [0.25, 0.3) is 10.0 Å². The Morgan fingerprint density at radius 2 is 1.92 bits per heavy atom. The third kappa shape index (κ3) is 3.02. The summed E-state index contributed by atoms with van der Waals surface area (Å²) >= 11 is 0. The number of hydrogen-bond donors (Lipinski definition) is 1. The highest BCUT2D eigenvalue weighted by Gasteiger charge is 2.36. The summed E-state index contributed by atoms with van der Waals surface area (Å²) in [5.41, 5.74) is 1.05. The lowest BCUT2D eigenvalue weighted by Crippen LogP contribution is -2.45. The van der Waals surface area contributed by atoms with Crippen molar-refractivity contribution in [1.82, 2.24) is 13.9 Å². The van der Waals surface area contributed by atoms with Crippen molar-refractivity contribution in [2.24, 2.45) is 7.05 Å². The molecule has 0 aliphatic carbocycles. The van der Waals surface area contributed by atoms with Crippen LogP contribution in [0.1, 0.15) is 17.9 Å². The van der Waals surface area contributed by atoms with Crippen LogP contribution in [-0.4, -0.2) is 46.6 Å². The van der Waals surface area contributed by atoms with Crippen molar-refractivity contribution in [3.8, 4) is 0 Å². The van der Waals surface area contributed by atoms with Crippen LogP contribution in [0.2, 0.25) is 0 Å². The molecule has 0 saturated carbocycles. The van der Waals surface area contributed by atoms with Gasteiger partial charge in [0.05, 0.1) is 12.4 Å². The largest absolute Gasteiger partial charge is 0.391 e. The predicted molar refractivity (Wildman–Crippen MR) is 99.3 cm³/mol. The molecule has 136 valence electrons. The Kier molecular flexibility index (Phi) is 4.30. The van der Waals surface area contributed by atoms with Crippen LogP contribution in [0.5, 0.6) is 0 Å². The molecule has 0 bridgehead atoms. The molecule has 0 spiro atoms. The van der Waals surface area contributed by atoms with Crippen LogP contribution in [0.15, 0.2) is 60.0 Å². The minimum absolute atomic E-state index is 0.0244. The van der Waals surface area contributed by atoms with Crippen LogP contribution in [0.3, 0.4) is 0 Å². The highest BCUT2D eigenvalue weighted by Crippen LogP contribution is 2.32. The Bertz CT molecular complexity index is 1040. The molecule has 6 nitrogen and oxygen atoms in total. The SMILES string of the molecule is Cn1cnc(S(=O)(=O)N2CCC(c3ccc4ccccc4c3)C(O)C2)c1. The number of aromatic nitrogens is 2. The molecule has 1 N–H and O–H groups in total. The van der Waals surface area contributed by atoms with Crippen molar-refractivity contribution in [2.75, 3.05) is 13.1 Å². The fraction of sp³-hybridized carbons (Fsp3) is 0.316. The van der Waals surface area contributed by atoms with Crippen LogP contribution in [0.25, 0.3) is 10.8 Å². The van der Waals surface area contributed by atoms with E-state index in [0.29, 0.717) is 13.0 Å². The fourth-order valence-corrected chi connectivity index (χ4v) is 5.04. The first-order valence-corrected chi connectivity index (χ1v) is 10.0. The first kappa shape index (κ1) is 17.2. The Hall–Kier alpha value is -2.22. The second-order valence-electron chi connectivity index (χ2n) is 6.81. The summed E-state index contributed by atoms with van der Waals surface area (Å²) < 4.78 is 28.3. The molecule has 2 unspecified atom stereocenters. The fourth-order valence-electron chi connectivity index (χ4n) is 3.60. The van der Waals surface area contributed by atoms with Gasteiger partial charge in [0.2, 0.25) is 0 Å². The van der Waals surface area contributed by atoms with Crippen LogP contribution >= 0.6 is 0 Å². The van der Waals surface area contributed by atoms with E-state index in [1.807, 2.05) is 30.3 Å². The standard InChI is InChI=1S/C19H21N3O3S/c1-21-12-19(20-13-21)26(24,25)22-9-8-17(18(23)11-22)16-7-6-14-4-2-3-5-15(14)10-16/h2-7,10,12-13,17-18,23H,8-9,11H2,1H3. The number of sulfonamides is 1. The summed E-state index contributed by atoms with van der Waals surface area (Å²) in [6.07, 6.45) is 2.77. The number of fused-ring (bicyclic) bond motifs is 1. The van der Waals surface area contributed by atoms with E-state index in [4.69, 9.17) is 0 Å². The van der Waals surface area contributed by atoms with Gasteiger partial charge in [0.1, 0.15) is 0 Å². The van der Waals surface area contributed by atoms with E-state index in [1.54, 1.807) is 11.6 Å². The minimum Gasteiger partial charge on any atom is -0.391 e. The molecule has 1 aliphatic rings. The summed E-state index contributed by atoms with van der Waals surface area (Å²) in [6, 6.07) is 14.3. The van der Waals surface area contributed by atoms with Crippen LogP contribution in [0.4, 0.5) is 0 Å². The third-order valence-electron chi connectivity index (χ3n) is 5.03. The molecule has 7 heteroatoms. The average Bonchev–Trinajstić information content (AvgIpc) is 3.08. The number of benzene rings is 2. The predicted octanol–water partition coefficient (Wildman–Crippen LogP) is 2.11. The number of nitrogens with zero attached hydrogens (tertiary/aromatic N) is 3. The normalized spacial score (nSPS) is 21.9. The number of hydrogen-bond acceptors (Lipinski definition) is 4. The zero-order valence-corrected chi connectivity index (χ0v) is 15.3. The number of β-amino-alcohol motifs (C(OH)–C–C–N with tert-alkyl or cyclic N) is 1. The number of imidazole rings is 1. The Balaban J connectivity index is 1.56. The van der Waals surface area contributed by atoms with E-state index in [2.05, 4.69) is 17.1 Å². The average molecular weight is 371 g/mol. The van der Waals surface area contributed by atoms with Crippen molar-refractivity contribution in [1.29, 1.82) is 0 Å². The monoisotopic (exact) mass is 371 g/mol. The van der Waals surface area contributed by atoms with Gasteiger partial charge in [-0.1, -0.05) is 42.5 Å². The van der Waals surface area contributed by atoms with Gasteiger partial charge in [0.15, 0.2) is 5.03 Å².